The van der Waals surface area contributed by atoms with Crippen LogP contribution in [0.4, 0.5) is 23.2 Å². The van der Waals surface area contributed by atoms with E-state index in [1.165, 1.54) is 11.1 Å². The molecule has 20 nitrogen and oxygen atoms in total. The summed E-state index contributed by atoms with van der Waals surface area (Å²) in [6.07, 6.45) is 7.27. The normalized spacial score (nSPS) is 14.6. The summed E-state index contributed by atoms with van der Waals surface area (Å²) in [6, 6.07) is 14.1. The Morgan fingerprint density at radius 2 is 1.14 bits per heavy atom. The molecule has 86 heavy (non-hydrogen) atoms. The molecule has 1 unspecified atom stereocenters. The summed E-state index contributed by atoms with van der Waals surface area (Å²) in [5.74, 6) is -9.35. The van der Waals surface area contributed by atoms with Crippen LogP contribution in [0.3, 0.4) is 0 Å². The predicted octanol–water partition coefficient (Wildman–Crippen LogP) is 7.38. The van der Waals surface area contributed by atoms with Gasteiger partial charge < -0.3 is 62.7 Å². The first kappa shape index (κ1) is 71.1. The largest absolute Gasteiger partial charge is 0.420 e. The summed E-state index contributed by atoms with van der Waals surface area (Å²) in [5.41, 5.74) is 11.1. The third kappa shape index (κ3) is 28.0. The van der Waals surface area contributed by atoms with Gasteiger partial charge in [-0.3, -0.25) is 24.2 Å². The van der Waals surface area contributed by atoms with E-state index in [0.29, 0.717) is 148 Å². The van der Waals surface area contributed by atoms with E-state index in [9.17, 15) is 31.9 Å². The third-order valence-corrected chi connectivity index (χ3v) is 13.3. The van der Waals surface area contributed by atoms with E-state index in [1.807, 2.05) is 17.0 Å². The molecule has 24 heteroatoms. The Morgan fingerprint density at radius 1 is 0.651 bits per heavy atom. The molecule has 2 N–H and O–H groups in total. The Bertz CT molecular complexity index is 2530. The lowest BCUT2D eigenvalue weighted by atomic mass is 9.98. The maximum absolute atomic E-state index is 13.6. The van der Waals surface area contributed by atoms with Gasteiger partial charge in [0.25, 0.3) is 5.91 Å². The van der Waals surface area contributed by atoms with Gasteiger partial charge in [-0.2, -0.15) is 8.78 Å². The van der Waals surface area contributed by atoms with Gasteiger partial charge in [0, 0.05) is 80.6 Å². The quantitative estimate of drug-likeness (QED) is 0.0146. The molecule has 2 aliphatic heterocycles. The van der Waals surface area contributed by atoms with Gasteiger partial charge in [-0.25, -0.2) is 18.8 Å². The van der Waals surface area contributed by atoms with E-state index in [0.717, 1.165) is 64.0 Å². The fourth-order valence-electron chi connectivity index (χ4n) is 8.98. The van der Waals surface area contributed by atoms with E-state index >= 15 is 0 Å². The summed E-state index contributed by atoms with van der Waals surface area (Å²) >= 11 is 0. The number of fused-ring (bicyclic) bond motifs is 1. The molecule has 478 valence electrons. The lowest BCUT2D eigenvalue weighted by molar-refractivity contribution is -0.136. The Kier molecular flexibility index (Phi) is 35.0. The lowest BCUT2D eigenvalue weighted by Gasteiger charge is -2.31. The van der Waals surface area contributed by atoms with Crippen molar-refractivity contribution in [1.29, 1.82) is 0 Å². The highest BCUT2D eigenvalue weighted by Crippen LogP contribution is 2.30. The van der Waals surface area contributed by atoms with Crippen molar-refractivity contribution in [3.05, 3.63) is 99.6 Å². The molecule has 3 aromatic carbocycles. The standard InChI is InChI=1S/C62H88F4N6O14/c1-4-15-72(16-5-2)62(75)52-39-50-12-13-51(40-55(50)69-56(67)41-52)61(74)68-43-49-7-6-17-71(46-49)45-48-10-8-47(9-11-48)44-70(3)18-20-77-22-24-79-26-28-81-30-32-83-34-36-85-38-37-84-35-33-82-31-29-80-27-25-78-23-21-76-19-14-57(73)86-60-58(65)53(63)42-54(64)59(60)66/h8-13,39-40,42-43,49H,4-7,14-38,41,44-46H2,1-3H3,(H2,67,69). The molecule has 0 aromatic heterocycles. The number of hydrogen-bond acceptors (Lipinski definition) is 18. The van der Waals surface area contributed by atoms with Crippen molar-refractivity contribution in [2.45, 2.75) is 65.5 Å². The molecule has 1 atom stereocenters. The first-order chi connectivity index (χ1) is 41.8. The number of ether oxygens (including phenoxy) is 11. The van der Waals surface area contributed by atoms with Crippen LogP contribution >= 0.6 is 0 Å². The number of piperidine rings is 1. The highest BCUT2D eigenvalue weighted by Gasteiger charge is 2.25. The van der Waals surface area contributed by atoms with E-state index < -0.39 is 41.4 Å². The van der Waals surface area contributed by atoms with Crippen LogP contribution < -0.4 is 10.5 Å². The molecule has 1 fully saturated rings. The van der Waals surface area contributed by atoms with Gasteiger partial charge in [0.1, 0.15) is 5.84 Å². The molecule has 3 aromatic rings. The number of carbonyl (C=O) groups is 3. The minimum atomic E-state index is -1.80. The van der Waals surface area contributed by atoms with E-state index in [-0.39, 0.29) is 50.0 Å². The molecule has 0 spiro atoms. The van der Waals surface area contributed by atoms with Crippen LogP contribution in [-0.2, 0) is 70.0 Å². The van der Waals surface area contributed by atoms with Gasteiger partial charge in [0.05, 0.1) is 144 Å². The number of rotatable bonds is 45. The van der Waals surface area contributed by atoms with Gasteiger partial charge in [-0.15, -0.1) is 0 Å². The number of nitrogens with zero attached hydrogens (tertiary/aromatic N) is 5. The van der Waals surface area contributed by atoms with Crippen LogP contribution in [0.5, 0.6) is 5.75 Å². The van der Waals surface area contributed by atoms with Crippen molar-refractivity contribution in [2.24, 2.45) is 21.6 Å². The molecular formula is C62H88F4N6O14. The first-order valence-electron chi connectivity index (χ1n) is 29.7. The maximum atomic E-state index is 13.6. The minimum Gasteiger partial charge on any atom is -0.420 e. The monoisotopic (exact) mass is 1220 g/mol. The van der Waals surface area contributed by atoms with Gasteiger partial charge in [-0.1, -0.05) is 44.2 Å². The zero-order chi connectivity index (χ0) is 61.6. The number of nitrogens with two attached hydrogens (primary N) is 1. The fourth-order valence-corrected chi connectivity index (χ4v) is 8.98. The van der Waals surface area contributed by atoms with Crippen molar-refractivity contribution in [3.8, 4) is 5.75 Å². The molecule has 5 rings (SSSR count). The smallest absolute Gasteiger partial charge is 0.313 e. The molecule has 0 bridgehead atoms. The fraction of sp³-hybridized carbons (Fsp3) is 0.597. The highest BCUT2D eigenvalue weighted by molar-refractivity contribution is 6.06. The molecule has 0 saturated carbocycles. The van der Waals surface area contributed by atoms with E-state index in [1.54, 1.807) is 18.3 Å². The summed E-state index contributed by atoms with van der Waals surface area (Å²) in [7, 11) is 2.08. The highest BCUT2D eigenvalue weighted by atomic mass is 19.2. The van der Waals surface area contributed by atoms with Gasteiger partial charge in [0.2, 0.25) is 23.3 Å². The number of likely N-dealkylation sites (N-methyl/N-ethyl adjacent to an activating group) is 1. The number of hydrogen-bond donors (Lipinski definition) is 1. The second-order valence-electron chi connectivity index (χ2n) is 20.4. The van der Waals surface area contributed by atoms with Crippen molar-refractivity contribution >= 4 is 41.6 Å². The first-order valence-corrected chi connectivity index (χ1v) is 29.7. The molecule has 2 heterocycles. The second kappa shape index (κ2) is 42.3. The molecule has 0 radical (unpaired) electrons. The summed E-state index contributed by atoms with van der Waals surface area (Å²) < 4.78 is 113. The number of halogens is 4. The molecular weight excluding hydrogens is 1130 g/mol. The number of benzene rings is 3. The van der Waals surface area contributed by atoms with Crippen molar-refractivity contribution < 1.29 is 84.1 Å². The van der Waals surface area contributed by atoms with Gasteiger partial charge in [0.15, 0.2) is 11.6 Å². The Morgan fingerprint density at radius 3 is 1.65 bits per heavy atom. The van der Waals surface area contributed by atoms with E-state index in [4.69, 9.17) is 53.1 Å². The van der Waals surface area contributed by atoms with Crippen LogP contribution in [0, 0.1) is 29.2 Å². The number of amides is 2. The van der Waals surface area contributed by atoms with Crippen LogP contribution in [0.25, 0.3) is 6.08 Å². The zero-order valence-corrected chi connectivity index (χ0v) is 50.2. The molecule has 0 aliphatic carbocycles. The van der Waals surface area contributed by atoms with E-state index in [2.05, 4.69) is 69.7 Å². The van der Waals surface area contributed by atoms with Crippen LogP contribution in [0.15, 0.2) is 64.1 Å². The molecule has 1 saturated heterocycles. The SMILES string of the molecule is CCCN(CCC)C(=O)C1=Cc2ccc(C(=O)N=CC3CCCN(Cc4ccc(CN(C)CCOCCOCCOCCOCCOCCOCCOCCOCCOCCOCCC(=O)Oc5c(F)c(F)cc(F)c5F)cc4)C3)cc2N=C(N)C1. The number of likely N-dealkylation sites (tertiary alicyclic amines) is 1. The summed E-state index contributed by atoms with van der Waals surface area (Å²) in [4.78, 5) is 53.9. The average molecular weight is 1220 g/mol. The number of esters is 1. The van der Waals surface area contributed by atoms with Crippen molar-refractivity contribution in [1.82, 2.24) is 14.7 Å². The van der Waals surface area contributed by atoms with Crippen LogP contribution in [-0.4, -0.2) is 216 Å². The Hall–Kier alpha value is -5.61. The average Bonchev–Trinajstić information content (AvgIpc) is 2.34. The van der Waals surface area contributed by atoms with Gasteiger partial charge in [-0.05, 0) is 68.6 Å². The Labute approximate surface area is 503 Å². The minimum absolute atomic E-state index is 0.0182. The van der Waals surface area contributed by atoms with Crippen LogP contribution in [0.2, 0.25) is 0 Å². The maximum Gasteiger partial charge on any atom is 0.313 e. The van der Waals surface area contributed by atoms with Crippen LogP contribution in [0.1, 0.15) is 79.4 Å². The topological polar surface area (TPSA) is 213 Å². The zero-order valence-electron chi connectivity index (χ0n) is 50.2. The number of aliphatic imine (C=N–C) groups is 2. The summed E-state index contributed by atoms with van der Waals surface area (Å²) in [5, 5.41) is 0. The third-order valence-electron chi connectivity index (χ3n) is 13.3. The number of carbonyl (C=O) groups excluding carboxylic acids is 3. The second-order valence-corrected chi connectivity index (χ2v) is 20.4. The Balaban J connectivity index is 0.758. The van der Waals surface area contributed by atoms with Crippen molar-refractivity contribution in [2.75, 3.05) is 172 Å². The number of amidine groups is 1. The van der Waals surface area contributed by atoms with Crippen molar-refractivity contribution in [3.63, 3.8) is 0 Å². The molecule has 2 amide bonds. The molecule has 2 aliphatic rings. The predicted molar refractivity (Wildman–Crippen MR) is 316 cm³/mol. The van der Waals surface area contributed by atoms with Gasteiger partial charge >= 0.3 is 5.97 Å². The lowest BCUT2D eigenvalue weighted by Crippen LogP contribution is -2.35. The summed E-state index contributed by atoms with van der Waals surface area (Å²) in [6.45, 7) is 17.3.